The van der Waals surface area contributed by atoms with Crippen molar-refractivity contribution in [1.82, 2.24) is 0 Å². The molecule has 4 heteroatoms. The van der Waals surface area contributed by atoms with Crippen LogP contribution in [0, 0.1) is 0 Å². The summed E-state index contributed by atoms with van der Waals surface area (Å²) in [6.07, 6.45) is 9.39. The van der Waals surface area contributed by atoms with E-state index in [0.29, 0.717) is 12.0 Å². The van der Waals surface area contributed by atoms with Gasteiger partial charge in [0.1, 0.15) is 22.8 Å². The van der Waals surface area contributed by atoms with Crippen molar-refractivity contribution in [3.05, 3.63) is 82.5 Å². The van der Waals surface area contributed by atoms with Crippen LogP contribution in [-0.2, 0) is 6.42 Å². The molecule has 0 aliphatic heterocycles. The number of allylic oxidation sites excluding steroid dienone is 5. The first-order chi connectivity index (χ1) is 14.3. The number of carbonyl (C=O) groups excluding carboxylic acids is 1. The Bertz CT molecular complexity index is 962. The van der Waals surface area contributed by atoms with Crippen molar-refractivity contribution in [3.8, 4) is 17.2 Å². The lowest BCUT2D eigenvalue weighted by Gasteiger charge is -2.14. The standard InChI is InChI=1S/C26H30O4/c1-18(2)9-8-10-19(3)13-15-21-23(28)17-24(30-4)25(26(21)29)22(27)16-14-20-11-6-5-7-12-20/h5-7,9,11-14,16-17,28-29H,8,10,15H2,1-4H3. The minimum absolute atomic E-state index is 0.0491. The van der Waals surface area contributed by atoms with Gasteiger partial charge in [-0.2, -0.15) is 0 Å². The SMILES string of the molecule is COc1cc(O)c(CC=C(C)CCC=C(C)C)c(O)c1C(=O)C=Cc1ccccc1. The van der Waals surface area contributed by atoms with Crippen LogP contribution in [0.4, 0.5) is 0 Å². The zero-order chi connectivity index (χ0) is 22.1. The Kier molecular flexibility index (Phi) is 8.48. The number of benzene rings is 2. The largest absolute Gasteiger partial charge is 0.507 e. The molecule has 0 heterocycles. The highest BCUT2D eigenvalue weighted by molar-refractivity contribution is 6.11. The maximum absolute atomic E-state index is 12.8. The van der Waals surface area contributed by atoms with Crippen LogP contribution < -0.4 is 4.74 Å². The van der Waals surface area contributed by atoms with E-state index in [-0.39, 0.29) is 22.8 Å². The maximum Gasteiger partial charge on any atom is 0.193 e. The molecule has 0 fully saturated rings. The number of ketones is 1. The highest BCUT2D eigenvalue weighted by Crippen LogP contribution is 2.39. The maximum atomic E-state index is 12.8. The van der Waals surface area contributed by atoms with Gasteiger partial charge in [0.25, 0.3) is 0 Å². The number of aromatic hydroxyl groups is 2. The first-order valence-corrected chi connectivity index (χ1v) is 10.0. The second kappa shape index (κ2) is 11.1. The second-order valence-corrected chi connectivity index (χ2v) is 7.48. The summed E-state index contributed by atoms with van der Waals surface area (Å²) in [7, 11) is 1.40. The van der Waals surface area contributed by atoms with E-state index in [1.165, 1.54) is 24.8 Å². The van der Waals surface area contributed by atoms with E-state index in [9.17, 15) is 15.0 Å². The first kappa shape index (κ1) is 23.0. The summed E-state index contributed by atoms with van der Waals surface area (Å²) < 4.78 is 5.24. The van der Waals surface area contributed by atoms with Crippen LogP contribution in [0.15, 0.2) is 65.8 Å². The van der Waals surface area contributed by atoms with Gasteiger partial charge in [-0.1, -0.05) is 59.7 Å². The van der Waals surface area contributed by atoms with Gasteiger partial charge >= 0.3 is 0 Å². The van der Waals surface area contributed by atoms with Crippen molar-refractivity contribution in [1.29, 1.82) is 0 Å². The Morgan fingerprint density at radius 3 is 2.40 bits per heavy atom. The van der Waals surface area contributed by atoms with Crippen molar-refractivity contribution in [3.63, 3.8) is 0 Å². The van der Waals surface area contributed by atoms with E-state index in [1.54, 1.807) is 6.08 Å². The molecule has 158 valence electrons. The molecule has 30 heavy (non-hydrogen) atoms. The van der Waals surface area contributed by atoms with E-state index in [4.69, 9.17) is 4.74 Å². The zero-order valence-corrected chi connectivity index (χ0v) is 18.1. The fourth-order valence-electron chi connectivity index (χ4n) is 3.06. The van der Waals surface area contributed by atoms with Crippen molar-refractivity contribution in [2.24, 2.45) is 0 Å². The number of rotatable bonds is 9. The molecule has 4 nitrogen and oxygen atoms in total. The fraction of sp³-hybridized carbons (Fsp3) is 0.269. The zero-order valence-electron chi connectivity index (χ0n) is 18.1. The van der Waals surface area contributed by atoms with E-state index in [1.807, 2.05) is 43.3 Å². The van der Waals surface area contributed by atoms with Crippen LogP contribution >= 0.6 is 0 Å². The molecule has 0 bridgehead atoms. The van der Waals surface area contributed by atoms with E-state index in [2.05, 4.69) is 19.9 Å². The van der Waals surface area contributed by atoms with Crippen molar-refractivity contribution in [2.45, 2.75) is 40.0 Å². The Hall–Kier alpha value is -3.27. The number of carbonyl (C=O) groups is 1. The molecule has 2 N–H and O–H groups in total. The number of ether oxygens (including phenoxy) is 1. The topological polar surface area (TPSA) is 66.8 Å². The van der Waals surface area contributed by atoms with Crippen molar-refractivity contribution in [2.75, 3.05) is 7.11 Å². The normalized spacial score (nSPS) is 11.5. The molecular weight excluding hydrogens is 376 g/mol. The van der Waals surface area contributed by atoms with E-state index < -0.39 is 5.78 Å². The third-order valence-electron chi connectivity index (χ3n) is 4.79. The fourth-order valence-corrected chi connectivity index (χ4v) is 3.06. The predicted molar refractivity (Wildman–Crippen MR) is 122 cm³/mol. The van der Waals surface area contributed by atoms with Crippen molar-refractivity contribution >= 4 is 11.9 Å². The molecule has 0 aliphatic rings. The Balaban J connectivity index is 2.29. The molecule has 0 unspecified atom stereocenters. The molecule has 2 aromatic carbocycles. The van der Waals surface area contributed by atoms with Crippen LogP contribution in [-0.4, -0.2) is 23.1 Å². The number of phenols is 2. The van der Waals surface area contributed by atoms with Crippen molar-refractivity contribution < 1.29 is 19.7 Å². The van der Waals surface area contributed by atoms with Gasteiger partial charge in [0.05, 0.1) is 7.11 Å². The monoisotopic (exact) mass is 406 g/mol. The molecule has 0 saturated carbocycles. The van der Waals surface area contributed by atoms with E-state index in [0.717, 1.165) is 24.0 Å². The Labute approximate surface area is 178 Å². The highest BCUT2D eigenvalue weighted by atomic mass is 16.5. The van der Waals surface area contributed by atoms with Gasteiger partial charge < -0.3 is 14.9 Å². The summed E-state index contributed by atoms with van der Waals surface area (Å²) in [5, 5.41) is 21.1. The molecule has 0 aliphatic carbocycles. The third kappa shape index (κ3) is 6.38. The number of methoxy groups -OCH3 is 1. The average molecular weight is 407 g/mol. The number of hydrogen-bond donors (Lipinski definition) is 2. The van der Waals surface area contributed by atoms with Crippen LogP contribution in [0.2, 0.25) is 0 Å². The average Bonchev–Trinajstić information content (AvgIpc) is 2.71. The predicted octanol–water partition coefficient (Wildman–Crippen LogP) is 6.24. The minimum Gasteiger partial charge on any atom is -0.507 e. The summed E-state index contributed by atoms with van der Waals surface area (Å²) in [5.74, 6) is -0.594. The molecular formula is C26H30O4. The van der Waals surface area contributed by atoms with Gasteiger partial charge in [-0.25, -0.2) is 0 Å². The lowest BCUT2D eigenvalue weighted by atomic mass is 9.98. The second-order valence-electron chi connectivity index (χ2n) is 7.48. The third-order valence-corrected chi connectivity index (χ3v) is 4.79. The Morgan fingerprint density at radius 1 is 1.07 bits per heavy atom. The van der Waals surface area contributed by atoms with Crippen LogP contribution in [0.25, 0.3) is 6.08 Å². The summed E-state index contributed by atoms with van der Waals surface area (Å²) in [6, 6.07) is 10.8. The smallest absolute Gasteiger partial charge is 0.193 e. The lowest BCUT2D eigenvalue weighted by molar-refractivity contribution is 0.104. The molecule has 0 amide bonds. The van der Waals surface area contributed by atoms with Gasteiger partial charge in [-0.05, 0) is 51.7 Å². The summed E-state index contributed by atoms with van der Waals surface area (Å²) in [6.45, 7) is 6.15. The summed E-state index contributed by atoms with van der Waals surface area (Å²) >= 11 is 0. The lowest BCUT2D eigenvalue weighted by Crippen LogP contribution is -2.02. The van der Waals surface area contributed by atoms with Crippen LogP contribution in [0.3, 0.4) is 0 Å². The van der Waals surface area contributed by atoms with E-state index >= 15 is 0 Å². The number of hydrogen-bond acceptors (Lipinski definition) is 4. The minimum atomic E-state index is -0.390. The molecule has 0 saturated heterocycles. The van der Waals surface area contributed by atoms with Gasteiger partial charge in [-0.15, -0.1) is 0 Å². The van der Waals surface area contributed by atoms with Gasteiger partial charge in [-0.3, -0.25) is 4.79 Å². The highest BCUT2D eigenvalue weighted by Gasteiger charge is 2.21. The molecule has 0 spiro atoms. The first-order valence-electron chi connectivity index (χ1n) is 10.0. The summed E-state index contributed by atoms with van der Waals surface area (Å²) in [4.78, 5) is 12.8. The molecule has 2 rings (SSSR count). The molecule has 0 radical (unpaired) electrons. The summed E-state index contributed by atoms with van der Waals surface area (Å²) in [5.41, 5.74) is 3.67. The van der Waals surface area contributed by atoms with Gasteiger partial charge in [0, 0.05) is 11.6 Å². The van der Waals surface area contributed by atoms with Crippen LogP contribution in [0.1, 0.15) is 55.1 Å². The molecule has 0 aromatic heterocycles. The van der Waals surface area contributed by atoms with Crippen LogP contribution in [0.5, 0.6) is 17.2 Å². The molecule has 2 aromatic rings. The van der Waals surface area contributed by atoms with Gasteiger partial charge in [0.2, 0.25) is 0 Å². The Morgan fingerprint density at radius 2 is 1.77 bits per heavy atom. The quantitative estimate of drug-likeness (QED) is 0.294. The van der Waals surface area contributed by atoms with Gasteiger partial charge in [0.15, 0.2) is 5.78 Å². The molecule has 0 atom stereocenters. The number of phenolic OH excluding ortho intramolecular Hbond substituents is 2.